The molecule has 1 aromatic heterocycles. The zero-order valence-corrected chi connectivity index (χ0v) is 7.70. The fourth-order valence-corrected chi connectivity index (χ4v) is 2.35. The first-order valence-corrected chi connectivity index (χ1v) is 4.98. The highest BCUT2D eigenvalue weighted by Crippen LogP contribution is 2.24. The maximum atomic E-state index is 11.4. The van der Waals surface area contributed by atoms with E-state index in [4.69, 9.17) is 0 Å². The van der Waals surface area contributed by atoms with Gasteiger partial charge in [-0.25, -0.2) is 4.98 Å². The van der Waals surface area contributed by atoms with Crippen LogP contribution in [0.3, 0.4) is 0 Å². The molecule has 3 nitrogen and oxygen atoms in total. The van der Waals surface area contributed by atoms with Crippen molar-refractivity contribution in [2.45, 2.75) is 24.7 Å². The smallest absolute Gasteiger partial charge is 0.264 e. The lowest BCUT2D eigenvalue weighted by atomic mass is 10.2. The number of thioether (sulfide) groups is 1. The quantitative estimate of drug-likeness (QED) is 0.654. The molecule has 0 spiro atoms. The Balaban J connectivity index is 2.60. The number of H-pyrrole nitrogens is 1. The number of aromatic amines is 1. The molecule has 0 bridgehead atoms. The van der Waals surface area contributed by atoms with Crippen molar-refractivity contribution in [3.8, 4) is 0 Å². The van der Waals surface area contributed by atoms with Crippen molar-refractivity contribution in [3.05, 3.63) is 21.9 Å². The summed E-state index contributed by atoms with van der Waals surface area (Å²) in [6, 6.07) is 0. The third-order valence-electron chi connectivity index (χ3n) is 1.87. The first kappa shape index (κ1) is 7.86. The van der Waals surface area contributed by atoms with Gasteiger partial charge < -0.3 is 4.98 Å². The fraction of sp³-hybridized carbons (Fsp3) is 0.500. The van der Waals surface area contributed by atoms with Gasteiger partial charge in [0.05, 0.1) is 10.6 Å². The standard InChI is InChI=1S/C8H10N2OS/c1-5-9-6-3-2-4-12-7(6)8(11)10-5/h2-4H2,1H3,(H,9,10,11). The topological polar surface area (TPSA) is 45.8 Å². The average Bonchev–Trinajstić information content (AvgIpc) is 2.04. The van der Waals surface area contributed by atoms with Crippen LogP contribution in [0.5, 0.6) is 0 Å². The number of rotatable bonds is 0. The molecule has 2 heterocycles. The second kappa shape index (κ2) is 2.94. The van der Waals surface area contributed by atoms with E-state index in [9.17, 15) is 4.79 Å². The van der Waals surface area contributed by atoms with Crippen LogP contribution in [0.15, 0.2) is 9.69 Å². The van der Waals surface area contributed by atoms with Crippen molar-refractivity contribution in [1.29, 1.82) is 0 Å². The average molecular weight is 182 g/mol. The molecule has 1 N–H and O–H groups in total. The molecule has 0 saturated heterocycles. The number of hydrogen-bond donors (Lipinski definition) is 1. The highest BCUT2D eigenvalue weighted by molar-refractivity contribution is 7.99. The molecule has 0 fully saturated rings. The molecule has 12 heavy (non-hydrogen) atoms. The Morgan fingerprint density at radius 1 is 1.58 bits per heavy atom. The second-order valence-electron chi connectivity index (χ2n) is 2.88. The normalized spacial score (nSPS) is 15.8. The molecule has 1 aliphatic heterocycles. The van der Waals surface area contributed by atoms with Crippen LogP contribution in [0.1, 0.15) is 17.9 Å². The molecule has 0 atom stereocenters. The van der Waals surface area contributed by atoms with Gasteiger partial charge in [0.2, 0.25) is 0 Å². The van der Waals surface area contributed by atoms with Gasteiger partial charge in [-0.1, -0.05) is 0 Å². The van der Waals surface area contributed by atoms with Crippen molar-refractivity contribution >= 4 is 11.8 Å². The van der Waals surface area contributed by atoms with E-state index in [0.717, 1.165) is 35.0 Å². The fourth-order valence-electron chi connectivity index (χ4n) is 1.37. The lowest BCUT2D eigenvalue weighted by Gasteiger charge is -2.12. The monoisotopic (exact) mass is 182 g/mol. The molecule has 1 aromatic rings. The number of nitrogens with one attached hydrogen (secondary N) is 1. The predicted octanol–water partition coefficient (Wildman–Crippen LogP) is 1.12. The summed E-state index contributed by atoms with van der Waals surface area (Å²) >= 11 is 1.62. The molecule has 0 unspecified atom stereocenters. The Labute approximate surface area is 74.6 Å². The second-order valence-corrected chi connectivity index (χ2v) is 3.98. The minimum Gasteiger partial charge on any atom is -0.310 e. The highest BCUT2D eigenvalue weighted by Gasteiger charge is 2.14. The van der Waals surface area contributed by atoms with Gasteiger partial charge in [-0.2, -0.15) is 0 Å². The molecule has 2 rings (SSSR count). The van der Waals surface area contributed by atoms with Gasteiger partial charge in [-0.05, 0) is 25.5 Å². The number of nitrogens with zero attached hydrogens (tertiary/aromatic N) is 1. The number of aromatic nitrogens is 2. The maximum absolute atomic E-state index is 11.4. The first-order valence-electron chi connectivity index (χ1n) is 4.00. The third kappa shape index (κ3) is 1.27. The molecule has 0 aromatic carbocycles. The molecular formula is C8H10N2OS. The minimum absolute atomic E-state index is 0.0298. The Kier molecular flexibility index (Phi) is 1.92. The van der Waals surface area contributed by atoms with E-state index in [1.807, 2.05) is 6.92 Å². The summed E-state index contributed by atoms with van der Waals surface area (Å²) in [5.41, 5.74) is 1.01. The van der Waals surface area contributed by atoms with Crippen molar-refractivity contribution in [3.63, 3.8) is 0 Å². The van der Waals surface area contributed by atoms with E-state index >= 15 is 0 Å². The van der Waals surface area contributed by atoms with E-state index < -0.39 is 0 Å². The van der Waals surface area contributed by atoms with Crippen LogP contribution in [-0.2, 0) is 6.42 Å². The molecule has 0 saturated carbocycles. The van der Waals surface area contributed by atoms with Crippen LogP contribution in [0, 0.1) is 6.92 Å². The van der Waals surface area contributed by atoms with Gasteiger partial charge in [0, 0.05) is 0 Å². The largest absolute Gasteiger partial charge is 0.310 e. The summed E-state index contributed by atoms with van der Waals surface area (Å²) in [6.45, 7) is 1.82. The summed E-state index contributed by atoms with van der Waals surface area (Å²) < 4.78 is 0. The van der Waals surface area contributed by atoms with E-state index in [-0.39, 0.29) is 5.56 Å². The molecule has 64 valence electrons. The Bertz CT molecular complexity index is 359. The molecular weight excluding hydrogens is 172 g/mol. The van der Waals surface area contributed by atoms with E-state index in [2.05, 4.69) is 9.97 Å². The SMILES string of the molecule is Cc1nc2c(c(=O)[nH]1)SCCC2. The van der Waals surface area contributed by atoms with Gasteiger partial charge in [0.25, 0.3) is 5.56 Å². The van der Waals surface area contributed by atoms with E-state index in [1.54, 1.807) is 11.8 Å². The van der Waals surface area contributed by atoms with Crippen LogP contribution >= 0.6 is 11.8 Å². The lowest BCUT2D eigenvalue weighted by Crippen LogP contribution is -2.18. The van der Waals surface area contributed by atoms with Crippen molar-refractivity contribution in [2.75, 3.05) is 5.75 Å². The Morgan fingerprint density at radius 3 is 3.25 bits per heavy atom. The van der Waals surface area contributed by atoms with Gasteiger partial charge in [-0.3, -0.25) is 4.79 Å². The minimum atomic E-state index is 0.0298. The Morgan fingerprint density at radius 2 is 2.42 bits per heavy atom. The molecule has 1 aliphatic rings. The highest BCUT2D eigenvalue weighted by atomic mass is 32.2. The number of fused-ring (bicyclic) bond motifs is 1. The van der Waals surface area contributed by atoms with Gasteiger partial charge in [0.15, 0.2) is 0 Å². The molecule has 0 radical (unpaired) electrons. The zero-order chi connectivity index (χ0) is 8.55. The lowest BCUT2D eigenvalue weighted by molar-refractivity contribution is 0.796. The van der Waals surface area contributed by atoms with Gasteiger partial charge >= 0.3 is 0 Å². The molecule has 4 heteroatoms. The summed E-state index contributed by atoms with van der Waals surface area (Å²) in [6.07, 6.45) is 2.08. The summed E-state index contributed by atoms with van der Waals surface area (Å²) in [7, 11) is 0. The van der Waals surface area contributed by atoms with Crippen LogP contribution in [-0.4, -0.2) is 15.7 Å². The first-order chi connectivity index (χ1) is 5.77. The van der Waals surface area contributed by atoms with Crippen LogP contribution in [0.2, 0.25) is 0 Å². The van der Waals surface area contributed by atoms with Crippen LogP contribution in [0.4, 0.5) is 0 Å². The zero-order valence-electron chi connectivity index (χ0n) is 6.89. The van der Waals surface area contributed by atoms with Crippen molar-refractivity contribution < 1.29 is 0 Å². The van der Waals surface area contributed by atoms with E-state index in [1.165, 1.54) is 0 Å². The molecule has 0 aliphatic carbocycles. The van der Waals surface area contributed by atoms with Gasteiger partial charge in [-0.15, -0.1) is 11.8 Å². The summed E-state index contributed by atoms with van der Waals surface area (Å²) in [5, 5.41) is 0. The van der Waals surface area contributed by atoms with E-state index in [0.29, 0.717) is 0 Å². The predicted molar refractivity (Wildman–Crippen MR) is 48.6 cm³/mol. The van der Waals surface area contributed by atoms with Crippen molar-refractivity contribution in [2.24, 2.45) is 0 Å². The Hall–Kier alpha value is -0.770. The summed E-state index contributed by atoms with van der Waals surface area (Å²) in [4.78, 5) is 19.2. The summed E-state index contributed by atoms with van der Waals surface area (Å²) in [5.74, 6) is 1.77. The van der Waals surface area contributed by atoms with Crippen LogP contribution in [0.25, 0.3) is 0 Å². The maximum Gasteiger partial charge on any atom is 0.264 e. The molecule has 0 amide bonds. The number of aryl methyl sites for hydroxylation is 2. The number of hydrogen-bond acceptors (Lipinski definition) is 3. The van der Waals surface area contributed by atoms with Crippen LogP contribution < -0.4 is 5.56 Å². The van der Waals surface area contributed by atoms with Crippen molar-refractivity contribution in [1.82, 2.24) is 9.97 Å². The third-order valence-corrected chi connectivity index (χ3v) is 3.07. The van der Waals surface area contributed by atoms with Gasteiger partial charge in [0.1, 0.15) is 5.82 Å².